The molecular formula is C7H4ClF3INO4S. The Bertz CT molecular complexity index is 563. The molecule has 1 heterocycles. The lowest BCUT2D eigenvalue weighted by Crippen LogP contribution is -2.19. The van der Waals surface area contributed by atoms with E-state index in [0.29, 0.717) is 0 Å². The van der Waals surface area contributed by atoms with Crippen LogP contribution in [0.1, 0.15) is 0 Å². The molecule has 0 amide bonds. The maximum absolute atomic E-state index is 12.2. The molecule has 0 fully saturated rings. The molecule has 0 bridgehead atoms. The van der Waals surface area contributed by atoms with Crippen molar-refractivity contribution in [1.82, 2.24) is 4.98 Å². The molecule has 0 aliphatic carbocycles. The molecule has 1 aromatic heterocycles. The molecule has 0 aliphatic rings. The summed E-state index contributed by atoms with van der Waals surface area (Å²) in [5.74, 6) is -1.35. The van der Waals surface area contributed by atoms with Crippen LogP contribution in [0.2, 0.25) is 0 Å². The van der Waals surface area contributed by atoms with Crippen LogP contribution in [-0.4, -0.2) is 26.9 Å². The number of halogens is 5. The van der Waals surface area contributed by atoms with Crippen LogP contribution in [-0.2, 0) is 9.05 Å². The van der Waals surface area contributed by atoms with Crippen LogP contribution in [0.3, 0.4) is 0 Å². The smallest absolute Gasteiger partial charge is 0.478 e. The molecule has 1 aromatic rings. The molecular weight excluding hydrogens is 413 g/mol. The van der Waals surface area contributed by atoms with Gasteiger partial charge in [0.05, 0.1) is 16.9 Å². The second-order valence-corrected chi connectivity index (χ2v) is 6.37. The fourth-order valence-corrected chi connectivity index (χ4v) is 3.53. The SMILES string of the molecule is COc1ncc(S(=O)(=O)Cl)c(I)c1OC(F)(F)F. The summed E-state index contributed by atoms with van der Waals surface area (Å²) in [6.07, 6.45) is -4.23. The topological polar surface area (TPSA) is 65.5 Å². The van der Waals surface area contributed by atoms with Crippen LogP contribution in [0.5, 0.6) is 11.6 Å². The summed E-state index contributed by atoms with van der Waals surface area (Å²) in [5.41, 5.74) is 0. The van der Waals surface area contributed by atoms with E-state index < -0.39 is 31.9 Å². The Morgan fingerprint density at radius 2 is 2.00 bits per heavy atom. The van der Waals surface area contributed by atoms with Gasteiger partial charge in [-0.25, -0.2) is 13.4 Å². The van der Waals surface area contributed by atoms with Gasteiger partial charge >= 0.3 is 6.36 Å². The van der Waals surface area contributed by atoms with Gasteiger partial charge in [0.15, 0.2) is 0 Å². The molecule has 5 nitrogen and oxygen atoms in total. The van der Waals surface area contributed by atoms with Gasteiger partial charge in [-0.1, -0.05) is 0 Å². The van der Waals surface area contributed by atoms with E-state index in [9.17, 15) is 21.6 Å². The highest BCUT2D eigenvalue weighted by Gasteiger charge is 2.35. The Morgan fingerprint density at radius 3 is 2.39 bits per heavy atom. The second kappa shape index (κ2) is 5.25. The van der Waals surface area contributed by atoms with Crippen molar-refractivity contribution in [1.29, 1.82) is 0 Å². The second-order valence-electron chi connectivity index (χ2n) is 2.76. The fourth-order valence-electron chi connectivity index (χ4n) is 0.958. The Morgan fingerprint density at radius 1 is 1.44 bits per heavy atom. The molecule has 11 heteroatoms. The predicted octanol–water partition coefficient (Wildman–Crippen LogP) is 2.52. The van der Waals surface area contributed by atoms with Crippen LogP contribution in [0.15, 0.2) is 11.1 Å². The molecule has 0 saturated carbocycles. The molecule has 0 atom stereocenters. The van der Waals surface area contributed by atoms with Gasteiger partial charge in [-0.05, 0) is 22.6 Å². The van der Waals surface area contributed by atoms with Crippen molar-refractivity contribution in [3.63, 3.8) is 0 Å². The van der Waals surface area contributed by atoms with Gasteiger partial charge in [-0.15, -0.1) is 13.2 Å². The number of aromatic nitrogens is 1. The summed E-state index contributed by atoms with van der Waals surface area (Å²) in [7, 11) is 1.88. The van der Waals surface area contributed by atoms with E-state index in [1.165, 1.54) is 22.6 Å². The minimum absolute atomic E-state index is 0.369. The first-order valence-corrected chi connectivity index (χ1v) is 7.38. The Kier molecular flexibility index (Phi) is 4.54. The standard InChI is InChI=1S/C7H4ClF3INO4S/c1-16-6-5(17-7(9,10)11)4(12)3(2-13-6)18(8,14)15/h2H,1H3. The van der Waals surface area contributed by atoms with Crippen LogP contribution in [0, 0.1) is 3.57 Å². The largest absolute Gasteiger partial charge is 0.573 e. The molecule has 102 valence electrons. The first-order chi connectivity index (χ1) is 8.06. The highest BCUT2D eigenvalue weighted by molar-refractivity contribution is 14.1. The summed E-state index contributed by atoms with van der Waals surface area (Å²) >= 11 is 1.35. The third-order valence-electron chi connectivity index (χ3n) is 1.58. The zero-order valence-corrected chi connectivity index (χ0v) is 12.2. The minimum atomic E-state index is -5.01. The first-order valence-electron chi connectivity index (χ1n) is 3.99. The third kappa shape index (κ3) is 3.75. The van der Waals surface area contributed by atoms with Crippen molar-refractivity contribution in [3.8, 4) is 11.6 Å². The van der Waals surface area contributed by atoms with Gasteiger partial charge in [0, 0.05) is 10.7 Å². The van der Waals surface area contributed by atoms with Crippen LogP contribution < -0.4 is 9.47 Å². The molecule has 0 saturated heterocycles. The summed E-state index contributed by atoms with van der Waals surface area (Å²) < 4.78 is 66.6. The molecule has 0 spiro atoms. The van der Waals surface area contributed by atoms with Gasteiger partial charge < -0.3 is 9.47 Å². The first kappa shape index (κ1) is 15.6. The molecule has 0 aliphatic heterocycles. The van der Waals surface area contributed by atoms with Crippen molar-refractivity contribution in [2.24, 2.45) is 0 Å². The number of hydrogen-bond donors (Lipinski definition) is 0. The van der Waals surface area contributed by atoms with E-state index in [1.54, 1.807) is 0 Å². The normalized spacial score (nSPS) is 12.3. The molecule has 1 rings (SSSR count). The van der Waals surface area contributed by atoms with Crippen molar-refractivity contribution in [2.45, 2.75) is 11.3 Å². The zero-order chi connectivity index (χ0) is 14.1. The lowest BCUT2D eigenvalue weighted by Gasteiger charge is -2.14. The summed E-state index contributed by atoms with van der Waals surface area (Å²) in [6.45, 7) is 0. The third-order valence-corrected chi connectivity index (χ3v) is 4.35. The van der Waals surface area contributed by atoms with Crippen LogP contribution in [0.4, 0.5) is 13.2 Å². The number of methoxy groups -OCH3 is 1. The van der Waals surface area contributed by atoms with E-state index in [4.69, 9.17) is 10.7 Å². The number of nitrogens with zero attached hydrogens (tertiary/aromatic N) is 1. The summed E-state index contributed by atoms with van der Waals surface area (Å²) in [5, 5.41) is 0. The van der Waals surface area contributed by atoms with E-state index in [-0.39, 0.29) is 3.57 Å². The van der Waals surface area contributed by atoms with Crippen molar-refractivity contribution in [2.75, 3.05) is 7.11 Å². The average molecular weight is 418 g/mol. The number of rotatable bonds is 3. The predicted molar refractivity (Wildman–Crippen MR) is 63.2 cm³/mol. The Balaban J connectivity index is 3.46. The number of hydrogen-bond acceptors (Lipinski definition) is 5. The lowest BCUT2D eigenvalue weighted by molar-refractivity contribution is -0.275. The number of pyridine rings is 1. The molecule has 0 unspecified atom stereocenters. The number of alkyl halides is 3. The maximum Gasteiger partial charge on any atom is 0.573 e. The Hall–Kier alpha value is -0.490. The van der Waals surface area contributed by atoms with E-state index in [1.807, 2.05) is 0 Å². The monoisotopic (exact) mass is 417 g/mol. The van der Waals surface area contributed by atoms with Gasteiger partial charge in [0.1, 0.15) is 4.90 Å². The molecule has 0 aromatic carbocycles. The lowest BCUT2D eigenvalue weighted by atomic mass is 10.4. The highest BCUT2D eigenvalue weighted by atomic mass is 127. The fraction of sp³-hybridized carbons (Fsp3) is 0.286. The summed E-state index contributed by atoms with van der Waals surface area (Å²) in [4.78, 5) is 2.80. The average Bonchev–Trinajstić information content (AvgIpc) is 2.17. The summed E-state index contributed by atoms with van der Waals surface area (Å²) in [6, 6.07) is 0. The zero-order valence-electron chi connectivity index (χ0n) is 8.46. The van der Waals surface area contributed by atoms with Gasteiger partial charge in [0.25, 0.3) is 14.9 Å². The number of ether oxygens (including phenoxy) is 2. The maximum atomic E-state index is 12.2. The molecule has 0 radical (unpaired) electrons. The van der Waals surface area contributed by atoms with E-state index in [2.05, 4.69) is 14.5 Å². The molecule has 18 heavy (non-hydrogen) atoms. The van der Waals surface area contributed by atoms with Gasteiger partial charge in [-0.3, -0.25) is 0 Å². The highest BCUT2D eigenvalue weighted by Crippen LogP contribution is 2.38. The van der Waals surface area contributed by atoms with Crippen molar-refractivity contribution in [3.05, 3.63) is 9.77 Å². The van der Waals surface area contributed by atoms with Crippen LogP contribution >= 0.6 is 33.3 Å². The quantitative estimate of drug-likeness (QED) is 0.559. The van der Waals surface area contributed by atoms with Gasteiger partial charge in [-0.2, -0.15) is 0 Å². The van der Waals surface area contributed by atoms with E-state index >= 15 is 0 Å². The van der Waals surface area contributed by atoms with Gasteiger partial charge in [0.2, 0.25) is 5.75 Å². The van der Waals surface area contributed by atoms with Crippen molar-refractivity contribution >= 4 is 42.3 Å². The van der Waals surface area contributed by atoms with Crippen LogP contribution in [0.25, 0.3) is 0 Å². The molecule has 0 N–H and O–H groups in total. The van der Waals surface area contributed by atoms with Crippen molar-refractivity contribution < 1.29 is 31.1 Å². The Labute approximate surface area is 118 Å². The minimum Gasteiger partial charge on any atom is -0.478 e. The van der Waals surface area contributed by atoms with E-state index in [0.717, 1.165) is 13.3 Å².